The predicted molar refractivity (Wildman–Crippen MR) is 144 cm³/mol. The Kier molecular flexibility index (Phi) is 7.19. The third-order valence-electron chi connectivity index (χ3n) is 11.5. The van der Waals surface area contributed by atoms with Gasteiger partial charge in [0.05, 0.1) is 11.9 Å². The molecule has 2 aliphatic heterocycles. The summed E-state index contributed by atoms with van der Waals surface area (Å²) in [6.07, 6.45) is 5.82. The number of nitrogens with one attached hydrogen (secondary N) is 2. The lowest BCUT2D eigenvalue weighted by Crippen LogP contribution is -2.63. The first-order chi connectivity index (χ1) is 17.0. The summed E-state index contributed by atoms with van der Waals surface area (Å²) >= 11 is 1.65. The van der Waals surface area contributed by atoms with Crippen molar-refractivity contribution in [1.82, 2.24) is 10.6 Å². The van der Waals surface area contributed by atoms with Crippen molar-refractivity contribution in [2.24, 2.45) is 39.9 Å². The summed E-state index contributed by atoms with van der Waals surface area (Å²) in [6.45, 7) is 14.8. The SMILES string of the molecule is C=C[C@]1(C)C[C@@H](OC(=O)CSCC2C[C@H]3CNC[C@H]3N2)[C@]2(C)[C@H](C)CC[C@]3(CCC(=O)[C@H]32)[C@@H](C)[C@@H]1O. The molecule has 5 rings (SSSR count). The van der Waals surface area contributed by atoms with Crippen LogP contribution in [0.2, 0.25) is 0 Å². The van der Waals surface area contributed by atoms with Gasteiger partial charge in [0.25, 0.3) is 0 Å². The second-order valence-electron chi connectivity index (χ2n) is 13.2. The van der Waals surface area contributed by atoms with E-state index in [1.54, 1.807) is 11.8 Å². The highest BCUT2D eigenvalue weighted by atomic mass is 32.2. The van der Waals surface area contributed by atoms with Crippen LogP contribution in [0.4, 0.5) is 0 Å². The minimum atomic E-state index is -0.626. The van der Waals surface area contributed by atoms with Crippen LogP contribution in [0.25, 0.3) is 0 Å². The van der Waals surface area contributed by atoms with E-state index in [-0.39, 0.29) is 29.1 Å². The third-order valence-corrected chi connectivity index (χ3v) is 12.6. The molecule has 3 aliphatic carbocycles. The highest BCUT2D eigenvalue weighted by molar-refractivity contribution is 7.99. The Hall–Kier alpha value is -0.890. The lowest BCUT2D eigenvalue weighted by molar-refractivity contribution is -0.205. The predicted octanol–water partition coefficient (Wildman–Crippen LogP) is 3.58. The summed E-state index contributed by atoms with van der Waals surface area (Å²) in [5.74, 6) is 2.11. The van der Waals surface area contributed by atoms with Gasteiger partial charge in [-0.1, -0.05) is 33.8 Å². The van der Waals surface area contributed by atoms with Crippen molar-refractivity contribution in [2.75, 3.05) is 24.6 Å². The summed E-state index contributed by atoms with van der Waals surface area (Å²) < 4.78 is 6.36. The molecule has 11 atom stereocenters. The molecule has 5 aliphatic rings. The number of carbonyl (C=O) groups is 2. The molecule has 36 heavy (non-hydrogen) atoms. The number of rotatable bonds is 6. The van der Waals surface area contributed by atoms with Gasteiger partial charge in [-0.3, -0.25) is 9.59 Å². The van der Waals surface area contributed by atoms with Gasteiger partial charge in [-0.05, 0) is 61.8 Å². The van der Waals surface area contributed by atoms with E-state index in [9.17, 15) is 14.7 Å². The fraction of sp³-hybridized carbons (Fsp3) is 0.862. The lowest BCUT2D eigenvalue weighted by Gasteiger charge is -2.61. The third kappa shape index (κ3) is 4.11. The van der Waals surface area contributed by atoms with Crippen LogP contribution < -0.4 is 10.6 Å². The van der Waals surface area contributed by atoms with E-state index in [0.717, 1.165) is 44.5 Å². The molecule has 1 unspecified atom stereocenters. The van der Waals surface area contributed by atoms with Crippen LogP contribution in [-0.2, 0) is 14.3 Å². The molecular weight excluding hydrogens is 472 g/mol. The molecule has 0 aromatic rings. The van der Waals surface area contributed by atoms with Crippen LogP contribution in [0.3, 0.4) is 0 Å². The highest BCUT2D eigenvalue weighted by Gasteiger charge is 2.68. The maximum absolute atomic E-state index is 13.5. The molecule has 0 spiro atoms. The van der Waals surface area contributed by atoms with Gasteiger partial charge in [-0.2, -0.15) is 0 Å². The number of ketones is 1. The van der Waals surface area contributed by atoms with Crippen molar-refractivity contribution in [3.63, 3.8) is 0 Å². The highest BCUT2D eigenvalue weighted by Crippen LogP contribution is 2.68. The van der Waals surface area contributed by atoms with Crippen LogP contribution in [0, 0.1) is 39.9 Å². The van der Waals surface area contributed by atoms with E-state index >= 15 is 0 Å². The lowest BCUT2D eigenvalue weighted by atomic mass is 9.44. The number of aliphatic hydroxyl groups excluding tert-OH is 1. The second kappa shape index (κ2) is 9.69. The van der Waals surface area contributed by atoms with Crippen molar-refractivity contribution in [3.05, 3.63) is 12.7 Å². The molecule has 5 fully saturated rings. The Morgan fingerprint density at radius 2 is 2.06 bits per heavy atom. The summed E-state index contributed by atoms with van der Waals surface area (Å²) in [5.41, 5.74) is -1.26. The molecule has 3 N–H and O–H groups in total. The number of Topliss-reactive ketones (excluding diaryl/α,β-unsaturated/α-hetero) is 1. The van der Waals surface area contributed by atoms with Crippen LogP contribution in [0.5, 0.6) is 0 Å². The van der Waals surface area contributed by atoms with E-state index in [2.05, 4.69) is 38.0 Å². The van der Waals surface area contributed by atoms with Crippen LogP contribution in [-0.4, -0.2) is 65.7 Å². The van der Waals surface area contributed by atoms with E-state index in [1.165, 1.54) is 0 Å². The zero-order valence-corrected chi connectivity index (χ0v) is 23.4. The molecular formula is C29H46N2O4S. The Morgan fingerprint density at radius 1 is 1.28 bits per heavy atom. The number of hydrogen-bond donors (Lipinski definition) is 3. The van der Waals surface area contributed by atoms with Crippen LogP contribution >= 0.6 is 11.8 Å². The standard InChI is InChI=1S/C29H46N2O4S/c1-6-27(4)12-23(35-24(33)16-36-15-20-11-19-13-30-14-21(19)31-20)28(5)17(2)7-9-29(18(3)26(27)34)10-8-22(32)25(28)29/h6,17-21,23,25-26,30-31,34H,1,7-16H2,2-5H3/t17-,18+,19+,20?,21-,23-,25+,26+,27-,28+,29+/m1/s1. The van der Waals surface area contributed by atoms with E-state index in [1.807, 2.05) is 13.0 Å². The molecule has 3 saturated carbocycles. The minimum absolute atomic E-state index is 0.00964. The van der Waals surface area contributed by atoms with Gasteiger partial charge in [-0.25, -0.2) is 0 Å². The summed E-state index contributed by atoms with van der Waals surface area (Å²) in [7, 11) is 0. The number of aliphatic hydroxyl groups is 1. The molecule has 2 heterocycles. The van der Waals surface area contributed by atoms with Crippen LogP contribution in [0.15, 0.2) is 12.7 Å². The quantitative estimate of drug-likeness (QED) is 0.366. The number of hydrogen-bond acceptors (Lipinski definition) is 7. The molecule has 202 valence electrons. The second-order valence-corrected chi connectivity index (χ2v) is 14.2. The maximum Gasteiger partial charge on any atom is 0.316 e. The van der Waals surface area contributed by atoms with Crippen molar-refractivity contribution in [2.45, 2.75) is 90.5 Å². The van der Waals surface area contributed by atoms with Crippen LogP contribution in [0.1, 0.15) is 66.2 Å². The van der Waals surface area contributed by atoms with Gasteiger partial charge in [0, 0.05) is 47.6 Å². The van der Waals surface area contributed by atoms with Crippen molar-refractivity contribution < 1.29 is 19.4 Å². The average molecular weight is 519 g/mol. The largest absolute Gasteiger partial charge is 0.461 e. The normalized spacial score (nSPS) is 50.2. The Morgan fingerprint density at radius 3 is 2.78 bits per heavy atom. The molecule has 0 radical (unpaired) electrons. The Balaban J connectivity index is 1.34. The van der Waals surface area contributed by atoms with E-state index < -0.39 is 23.0 Å². The first-order valence-corrected chi connectivity index (χ1v) is 15.3. The molecule has 0 aromatic heterocycles. The monoisotopic (exact) mass is 518 g/mol. The summed E-state index contributed by atoms with van der Waals surface area (Å²) in [6, 6.07) is 1.02. The number of ether oxygens (including phenoxy) is 1. The first-order valence-electron chi connectivity index (χ1n) is 14.1. The summed E-state index contributed by atoms with van der Waals surface area (Å²) in [4.78, 5) is 26.8. The molecule has 0 amide bonds. The molecule has 7 heteroatoms. The van der Waals surface area contributed by atoms with Crippen molar-refractivity contribution >= 4 is 23.5 Å². The first kappa shape index (κ1) is 26.7. The molecule has 0 aromatic carbocycles. The van der Waals surface area contributed by atoms with Crippen molar-refractivity contribution in [1.29, 1.82) is 0 Å². The average Bonchev–Trinajstić information content (AvgIpc) is 3.54. The topological polar surface area (TPSA) is 87.7 Å². The number of carbonyl (C=O) groups excluding carboxylic acids is 2. The van der Waals surface area contributed by atoms with Gasteiger partial charge in [-0.15, -0.1) is 18.3 Å². The zero-order chi connectivity index (χ0) is 25.9. The van der Waals surface area contributed by atoms with Gasteiger partial charge >= 0.3 is 5.97 Å². The number of esters is 1. The number of fused-ring (bicyclic) bond motifs is 1. The smallest absolute Gasteiger partial charge is 0.316 e. The van der Waals surface area contributed by atoms with Gasteiger partial charge < -0.3 is 20.5 Å². The van der Waals surface area contributed by atoms with Gasteiger partial charge in [0.15, 0.2) is 0 Å². The van der Waals surface area contributed by atoms with Crippen molar-refractivity contribution in [3.8, 4) is 0 Å². The Bertz CT molecular complexity index is 886. The summed E-state index contributed by atoms with van der Waals surface area (Å²) in [5, 5.41) is 18.8. The van der Waals surface area contributed by atoms with Gasteiger partial charge in [0.2, 0.25) is 0 Å². The number of thioether (sulfide) groups is 1. The van der Waals surface area contributed by atoms with E-state index in [4.69, 9.17) is 4.74 Å². The molecule has 2 saturated heterocycles. The minimum Gasteiger partial charge on any atom is -0.461 e. The molecule has 2 bridgehead atoms. The zero-order valence-electron chi connectivity index (χ0n) is 22.6. The fourth-order valence-corrected chi connectivity index (χ4v) is 9.88. The maximum atomic E-state index is 13.5. The molecule has 6 nitrogen and oxygen atoms in total. The Labute approximate surface area is 221 Å². The fourth-order valence-electron chi connectivity index (χ4n) is 9.01. The van der Waals surface area contributed by atoms with Gasteiger partial charge in [0.1, 0.15) is 11.9 Å². The van der Waals surface area contributed by atoms with E-state index in [0.29, 0.717) is 42.4 Å².